The third kappa shape index (κ3) is 9.25. The lowest BCUT2D eigenvalue weighted by molar-refractivity contribution is 0.304. The van der Waals surface area contributed by atoms with Crippen LogP contribution in [0.1, 0.15) is 58.3 Å². The lowest BCUT2D eigenvalue weighted by atomic mass is 10.1. The van der Waals surface area contributed by atoms with Gasteiger partial charge in [-0.15, -0.1) is 12.4 Å². The Hall–Kier alpha value is -0.770. The molecule has 0 amide bonds. The van der Waals surface area contributed by atoms with Gasteiger partial charge in [0.1, 0.15) is 5.75 Å². The van der Waals surface area contributed by atoms with E-state index in [9.17, 15) is 0 Å². The molecular weight excluding hydrogens is 410 g/mol. The molecule has 2 aromatic rings. The van der Waals surface area contributed by atoms with E-state index in [1.54, 1.807) is 0 Å². The van der Waals surface area contributed by atoms with Gasteiger partial charge in [0.15, 0.2) is 0 Å². The van der Waals surface area contributed by atoms with Crippen molar-refractivity contribution in [3.05, 3.63) is 40.9 Å². The van der Waals surface area contributed by atoms with Crippen molar-refractivity contribution in [1.29, 1.82) is 0 Å². The van der Waals surface area contributed by atoms with Crippen molar-refractivity contribution in [3.8, 4) is 5.75 Å². The van der Waals surface area contributed by atoms with E-state index in [1.807, 2.05) is 0 Å². The van der Waals surface area contributed by atoms with E-state index >= 15 is 0 Å². The Balaban J connectivity index is 0.00000338. The fourth-order valence-electron chi connectivity index (χ4n) is 3.06. The van der Waals surface area contributed by atoms with Crippen LogP contribution in [-0.4, -0.2) is 19.7 Å². The summed E-state index contributed by atoms with van der Waals surface area (Å²) in [5.41, 5.74) is 0. The Morgan fingerprint density at radius 3 is 2.15 bits per heavy atom. The smallest absolute Gasteiger partial charge is 0.119 e. The molecule has 0 bridgehead atoms. The first-order valence-electron chi connectivity index (χ1n) is 9.82. The summed E-state index contributed by atoms with van der Waals surface area (Å²) in [5.74, 6) is 0.982. The molecule has 0 spiro atoms. The molecule has 0 aliphatic heterocycles. The molecule has 2 aromatic carbocycles. The molecule has 0 aromatic heterocycles. The first-order valence-corrected chi connectivity index (χ1v) is 10.6. The maximum atomic E-state index is 5.91. The summed E-state index contributed by atoms with van der Waals surface area (Å²) in [4.78, 5) is 0. The molecule has 0 fully saturated rings. The maximum Gasteiger partial charge on any atom is 0.119 e. The van der Waals surface area contributed by atoms with Gasteiger partial charge >= 0.3 is 0 Å². The van der Waals surface area contributed by atoms with Gasteiger partial charge in [-0.05, 0) is 61.0 Å². The second-order valence-electron chi connectivity index (χ2n) is 6.68. The molecule has 146 valence electrons. The van der Waals surface area contributed by atoms with Crippen LogP contribution in [0.5, 0.6) is 5.75 Å². The summed E-state index contributed by atoms with van der Waals surface area (Å²) in [6, 6.07) is 12.7. The predicted molar refractivity (Wildman–Crippen MR) is 120 cm³/mol. The summed E-state index contributed by atoms with van der Waals surface area (Å²) in [6.45, 7) is 5.27. The van der Waals surface area contributed by atoms with Crippen LogP contribution in [0.4, 0.5) is 0 Å². The van der Waals surface area contributed by atoms with Gasteiger partial charge in [-0.1, -0.05) is 73.5 Å². The highest BCUT2D eigenvalue weighted by Crippen LogP contribution is 2.24. The third-order valence-electron chi connectivity index (χ3n) is 4.54. The Labute approximate surface area is 173 Å². The van der Waals surface area contributed by atoms with Crippen LogP contribution in [0.15, 0.2) is 40.9 Å². The number of ether oxygens (including phenoxy) is 1. The number of benzene rings is 2. The van der Waals surface area contributed by atoms with Crippen molar-refractivity contribution < 1.29 is 4.74 Å². The quantitative estimate of drug-likeness (QED) is 0.333. The van der Waals surface area contributed by atoms with Gasteiger partial charge in [0.05, 0.1) is 6.61 Å². The highest BCUT2D eigenvalue weighted by Gasteiger charge is 1.99. The number of nitrogens with one attached hydrogen (secondary N) is 1. The van der Waals surface area contributed by atoms with Crippen molar-refractivity contribution in [1.82, 2.24) is 5.32 Å². The van der Waals surface area contributed by atoms with Crippen LogP contribution in [0, 0.1) is 0 Å². The number of unbranched alkanes of at least 4 members (excludes halogenated alkanes) is 7. The summed E-state index contributed by atoms with van der Waals surface area (Å²) in [6.07, 6.45) is 10.6. The van der Waals surface area contributed by atoms with Crippen molar-refractivity contribution in [2.75, 3.05) is 19.7 Å². The predicted octanol–water partition coefficient (Wildman–Crippen LogP) is 7.13. The third-order valence-corrected chi connectivity index (χ3v) is 5.03. The minimum atomic E-state index is 0. The summed E-state index contributed by atoms with van der Waals surface area (Å²) in [5, 5.41) is 5.86. The van der Waals surface area contributed by atoms with Crippen LogP contribution in [-0.2, 0) is 0 Å². The largest absolute Gasteiger partial charge is 0.494 e. The van der Waals surface area contributed by atoms with Crippen LogP contribution in [0.2, 0.25) is 0 Å². The molecule has 0 heterocycles. The minimum absolute atomic E-state index is 0. The van der Waals surface area contributed by atoms with E-state index in [1.165, 1.54) is 62.3 Å². The van der Waals surface area contributed by atoms with E-state index in [0.29, 0.717) is 0 Å². The minimum Gasteiger partial charge on any atom is -0.494 e. The Morgan fingerprint density at radius 1 is 0.808 bits per heavy atom. The van der Waals surface area contributed by atoms with Crippen LogP contribution in [0.25, 0.3) is 10.8 Å². The standard InChI is InChI=1S/C22H32BrNO.ClH/c1-2-24-15-9-7-5-3-4-6-8-10-16-25-22-14-12-19-17-21(23)13-11-20(19)18-22;/h11-14,17-18,24H,2-10,15-16H2,1H3;1H. The monoisotopic (exact) mass is 441 g/mol. The molecule has 4 heteroatoms. The van der Waals surface area contributed by atoms with Gasteiger partial charge in [0, 0.05) is 4.47 Å². The van der Waals surface area contributed by atoms with E-state index in [-0.39, 0.29) is 12.4 Å². The SMILES string of the molecule is CCNCCCCCCCCCCOc1ccc2cc(Br)ccc2c1.Cl. The number of fused-ring (bicyclic) bond motifs is 1. The van der Waals surface area contributed by atoms with Crippen molar-refractivity contribution in [2.45, 2.75) is 58.3 Å². The van der Waals surface area contributed by atoms with E-state index < -0.39 is 0 Å². The zero-order valence-corrected chi connectivity index (χ0v) is 18.3. The summed E-state index contributed by atoms with van der Waals surface area (Å²) in [7, 11) is 0. The maximum absolute atomic E-state index is 5.91. The molecule has 0 aliphatic rings. The summed E-state index contributed by atoms with van der Waals surface area (Å²) < 4.78 is 7.03. The Bertz CT molecular complexity index is 620. The molecule has 0 unspecified atom stereocenters. The number of hydrogen-bond donors (Lipinski definition) is 1. The summed E-state index contributed by atoms with van der Waals surface area (Å²) >= 11 is 3.51. The van der Waals surface area contributed by atoms with Crippen LogP contribution < -0.4 is 10.1 Å². The molecule has 0 saturated carbocycles. The molecule has 0 radical (unpaired) electrons. The molecule has 0 aliphatic carbocycles. The van der Waals surface area contributed by atoms with Gasteiger partial charge < -0.3 is 10.1 Å². The van der Waals surface area contributed by atoms with Crippen LogP contribution >= 0.6 is 28.3 Å². The molecule has 1 N–H and O–H groups in total. The zero-order chi connectivity index (χ0) is 17.7. The average Bonchev–Trinajstić information content (AvgIpc) is 2.62. The number of hydrogen-bond acceptors (Lipinski definition) is 2. The normalized spacial score (nSPS) is 10.7. The van der Waals surface area contributed by atoms with Gasteiger partial charge in [0.25, 0.3) is 0 Å². The number of halogens is 2. The Kier molecular flexibility index (Phi) is 12.8. The van der Waals surface area contributed by atoms with Crippen molar-refractivity contribution in [3.63, 3.8) is 0 Å². The second kappa shape index (κ2) is 14.3. The molecule has 0 atom stereocenters. The molecule has 2 rings (SSSR count). The first kappa shape index (κ1) is 23.3. The topological polar surface area (TPSA) is 21.3 Å². The van der Waals surface area contributed by atoms with Crippen molar-refractivity contribution >= 4 is 39.1 Å². The molecular formula is C22H33BrClNO. The molecule has 26 heavy (non-hydrogen) atoms. The van der Waals surface area contributed by atoms with E-state index in [4.69, 9.17) is 4.74 Å². The number of rotatable bonds is 13. The average molecular weight is 443 g/mol. The highest BCUT2D eigenvalue weighted by atomic mass is 79.9. The van der Waals surface area contributed by atoms with Crippen LogP contribution in [0.3, 0.4) is 0 Å². The molecule has 0 saturated heterocycles. The van der Waals surface area contributed by atoms with E-state index in [2.05, 4.69) is 64.6 Å². The van der Waals surface area contributed by atoms with Gasteiger partial charge in [-0.2, -0.15) is 0 Å². The van der Waals surface area contributed by atoms with E-state index in [0.717, 1.165) is 29.8 Å². The fourth-order valence-corrected chi connectivity index (χ4v) is 3.44. The second-order valence-corrected chi connectivity index (χ2v) is 7.60. The lowest BCUT2D eigenvalue weighted by Gasteiger charge is -2.08. The lowest BCUT2D eigenvalue weighted by Crippen LogP contribution is -2.13. The fraction of sp³-hybridized carbons (Fsp3) is 0.545. The van der Waals surface area contributed by atoms with Gasteiger partial charge in [-0.25, -0.2) is 0 Å². The zero-order valence-electron chi connectivity index (χ0n) is 15.9. The molecule has 2 nitrogen and oxygen atoms in total. The first-order chi connectivity index (χ1) is 12.3. The Morgan fingerprint density at radius 2 is 1.42 bits per heavy atom. The highest BCUT2D eigenvalue weighted by molar-refractivity contribution is 9.10. The van der Waals surface area contributed by atoms with Gasteiger partial charge in [-0.3, -0.25) is 0 Å². The van der Waals surface area contributed by atoms with Crippen molar-refractivity contribution in [2.24, 2.45) is 0 Å². The van der Waals surface area contributed by atoms with Gasteiger partial charge in [0.2, 0.25) is 0 Å².